The van der Waals surface area contributed by atoms with Crippen molar-refractivity contribution < 1.29 is 0 Å². The van der Waals surface area contributed by atoms with Crippen molar-refractivity contribution in [1.82, 2.24) is 14.9 Å². The van der Waals surface area contributed by atoms with Crippen molar-refractivity contribution in [2.24, 2.45) is 10.1 Å². The zero-order valence-corrected chi connectivity index (χ0v) is 14.5. The summed E-state index contributed by atoms with van der Waals surface area (Å²) in [4.78, 5) is 4.76. The van der Waals surface area contributed by atoms with E-state index in [1.54, 1.807) is 4.68 Å². The Hall–Kier alpha value is -2.99. The highest BCUT2D eigenvalue weighted by atomic mass is 35.5. The Bertz CT molecular complexity index is 1050. The van der Waals surface area contributed by atoms with Crippen molar-refractivity contribution in [2.45, 2.75) is 13.8 Å². The Labute approximate surface area is 149 Å². The number of hydrogen-bond donors (Lipinski definition) is 1. The Balaban J connectivity index is 1.91. The molecule has 0 atom stereocenters. The van der Waals surface area contributed by atoms with Crippen molar-refractivity contribution in [3.8, 4) is 0 Å². The van der Waals surface area contributed by atoms with Crippen LogP contribution in [0.3, 0.4) is 0 Å². The molecule has 0 fully saturated rings. The van der Waals surface area contributed by atoms with Gasteiger partial charge in [0.15, 0.2) is 5.82 Å². The lowest BCUT2D eigenvalue weighted by atomic mass is 10.1. The zero-order chi connectivity index (χ0) is 17.6. The Morgan fingerprint density at radius 2 is 1.88 bits per heavy atom. The number of nitrogens with zero attached hydrogens (tertiary/aromatic N) is 5. The van der Waals surface area contributed by atoms with Crippen LogP contribution in [0.25, 0.3) is 0 Å². The van der Waals surface area contributed by atoms with E-state index in [0.717, 1.165) is 22.5 Å². The van der Waals surface area contributed by atoms with E-state index in [9.17, 15) is 0 Å². The fourth-order valence-electron chi connectivity index (χ4n) is 2.67. The second-order valence-corrected chi connectivity index (χ2v) is 6.22. The third-order valence-corrected chi connectivity index (χ3v) is 4.39. The van der Waals surface area contributed by atoms with Crippen LogP contribution in [0.4, 0.5) is 11.4 Å². The van der Waals surface area contributed by atoms with Gasteiger partial charge in [0.1, 0.15) is 11.4 Å². The Kier molecular flexibility index (Phi) is 3.62. The molecule has 124 valence electrons. The molecule has 2 heterocycles. The summed E-state index contributed by atoms with van der Waals surface area (Å²) >= 11 is 6.37. The fourth-order valence-corrected chi connectivity index (χ4v) is 2.90. The second-order valence-electron chi connectivity index (χ2n) is 5.81. The molecule has 25 heavy (non-hydrogen) atoms. The summed E-state index contributed by atoms with van der Waals surface area (Å²) in [6.45, 7) is 3.80. The van der Waals surface area contributed by atoms with Crippen LogP contribution < -0.4 is 5.73 Å². The van der Waals surface area contributed by atoms with Crippen LogP contribution in [0.1, 0.15) is 22.8 Å². The monoisotopic (exact) mass is 350 g/mol. The summed E-state index contributed by atoms with van der Waals surface area (Å²) in [7, 11) is 0. The van der Waals surface area contributed by atoms with Crippen LogP contribution in [0.2, 0.25) is 5.02 Å². The number of halogens is 1. The number of benzene rings is 2. The highest BCUT2D eigenvalue weighted by Gasteiger charge is 2.29. The average molecular weight is 351 g/mol. The lowest BCUT2D eigenvalue weighted by Gasteiger charge is -2.05. The van der Waals surface area contributed by atoms with Gasteiger partial charge in [0.05, 0.1) is 10.7 Å². The molecule has 0 spiro atoms. The van der Waals surface area contributed by atoms with Gasteiger partial charge in [0, 0.05) is 11.3 Å². The van der Waals surface area contributed by atoms with Gasteiger partial charge in [-0.25, -0.2) is 4.99 Å². The normalized spacial score (nSPS) is 14.7. The highest BCUT2D eigenvalue weighted by Crippen LogP contribution is 2.26. The summed E-state index contributed by atoms with van der Waals surface area (Å²) in [5.74, 6) is 1.29. The molecule has 1 aliphatic heterocycles. The first-order valence-corrected chi connectivity index (χ1v) is 8.14. The van der Waals surface area contributed by atoms with Gasteiger partial charge in [-0.2, -0.15) is 9.78 Å². The largest absolute Gasteiger partial charge is 0.399 e. The summed E-state index contributed by atoms with van der Waals surface area (Å²) in [6, 6.07) is 13.2. The summed E-state index contributed by atoms with van der Waals surface area (Å²) in [5.41, 5.74) is 10.5. The van der Waals surface area contributed by atoms with E-state index >= 15 is 0 Å². The topological polar surface area (TPSA) is 81.5 Å². The smallest absolute Gasteiger partial charge is 0.205 e. The number of fused-ring (bicyclic) bond motifs is 1. The van der Waals surface area contributed by atoms with Crippen molar-refractivity contribution >= 4 is 34.4 Å². The van der Waals surface area contributed by atoms with Crippen LogP contribution in [-0.2, 0) is 0 Å². The minimum absolute atomic E-state index is 0.599. The molecule has 4 rings (SSSR count). The first-order chi connectivity index (χ1) is 12.0. The van der Waals surface area contributed by atoms with E-state index in [-0.39, 0.29) is 0 Å². The Morgan fingerprint density at radius 1 is 1.08 bits per heavy atom. The van der Waals surface area contributed by atoms with Gasteiger partial charge in [-0.3, -0.25) is 0 Å². The predicted molar refractivity (Wildman–Crippen MR) is 99.9 cm³/mol. The molecule has 0 aliphatic carbocycles. The molecule has 2 N–H and O–H groups in total. The zero-order valence-electron chi connectivity index (χ0n) is 13.7. The molecule has 1 aliphatic rings. The molecule has 0 radical (unpaired) electrons. The quantitative estimate of drug-likeness (QED) is 0.718. The number of aliphatic imine (C=N–C) groups is 1. The molecule has 1 aromatic heterocycles. The molecule has 2 aromatic carbocycles. The number of nitrogens with two attached hydrogens (primary N) is 1. The van der Waals surface area contributed by atoms with Gasteiger partial charge in [-0.05, 0) is 43.7 Å². The van der Waals surface area contributed by atoms with E-state index in [0.29, 0.717) is 28.1 Å². The molecule has 0 saturated carbocycles. The maximum absolute atomic E-state index is 6.37. The molecule has 6 nitrogen and oxygen atoms in total. The summed E-state index contributed by atoms with van der Waals surface area (Å²) in [5, 5.41) is 13.5. The lowest BCUT2D eigenvalue weighted by Crippen LogP contribution is -2.14. The minimum atomic E-state index is 0.599. The average Bonchev–Trinajstić information content (AvgIpc) is 3.12. The van der Waals surface area contributed by atoms with E-state index in [2.05, 4.69) is 15.3 Å². The minimum Gasteiger partial charge on any atom is -0.399 e. The van der Waals surface area contributed by atoms with E-state index < -0.39 is 0 Å². The Morgan fingerprint density at radius 3 is 2.64 bits per heavy atom. The van der Waals surface area contributed by atoms with Gasteiger partial charge in [0.25, 0.3) is 0 Å². The third kappa shape index (κ3) is 2.60. The van der Waals surface area contributed by atoms with E-state index in [1.165, 1.54) is 0 Å². The summed E-state index contributed by atoms with van der Waals surface area (Å²) < 4.78 is 1.68. The standard InChI is InChI=1S/C18H15ClN6/c1-10-9-12(7-8-15(10)20)21-17-16(13-5-3-4-6-14(13)19)24-25-11(2)22-23-18(17)25/h3-9H,20H2,1-2H3. The van der Waals surface area contributed by atoms with E-state index in [4.69, 9.17) is 22.3 Å². The van der Waals surface area contributed by atoms with Crippen molar-refractivity contribution in [3.63, 3.8) is 0 Å². The number of anilines is 1. The second kappa shape index (κ2) is 5.82. The molecular formula is C18H15ClN6. The number of aromatic nitrogens is 3. The third-order valence-electron chi connectivity index (χ3n) is 4.06. The molecule has 0 bridgehead atoms. The predicted octanol–water partition coefficient (Wildman–Crippen LogP) is 3.52. The SMILES string of the molecule is Cc1cc(N=C2C(c3ccccc3Cl)=Nn3c(C)nnc32)ccc1N. The lowest BCUT2D eigenvalue weighted by molar-refractivity contribution is 0.835. The van der Waals surface area contributed by atoms with Crippen LogP contribution in [0.15, 0.2) is 52.6 Å². The molecule has 7 heteroatoms. The maximum Gasteiger partial charge on any atom is 0.205 e. The molecular weight excluding hydrogens is 336 g/mol. The first kappa shape index (κ1) is 15.5. The maximum atomic E-state index is 6.37. The highest BCUT2D eigenvalue weighted by molar-refractivity contribution is 6.56. The van der Waals surface area contributed by atoms with Crippen LogP contribution in [-0.4, -0.2) is 26.3 Å². The molecule has 0 amide bonds. The molecule has 3 aromatic rings. The number of hydrogen-bond acceptors (Lipinski definition) is 5. The van der Waals surface area contributed by atoms with Crippen molar-refractivity contribution in [2.75, 3.05) is 5.73 Å². The van der Waals surface area contributed by atoms with Crippen molar-refractivity contribution in [3.05, 3.63) is 70.3 Å². The van der Waals surface area contributed by atoms with Gasteiger partial charge < -0.3 is 5.73 Å². The van der Waals surface area contributed by atoms with Gasteiger partial charge >= 0.3 is 0 Å². The summed E-state index contributed by atoms with van der Waals surface area (Å²) in [6.07, 6.45) is 0. The molecule has 0 saturated heterocycles. The van der Waals surface area contributed by atoms with Gasteiger partial charge in [0.2, 0.25) is 5.82 Å². The first-order valence-electron chi connectivity index (χ1n) is 7.76. The fraction of sp³-hybridized carbons (Fsp3) is 0.111. The van der Waals surface area contributed by atoms with Crippen molar-refractivity contribution in [1.29, 1.82) is 0 Å². The number of aryl methyl sites for hydroxylation is 2. The number of rotatable bonds is 2. The van der Waals surface area contributed by atoms with Gasteiger partial charge in [-0.15, -0.1) is 10.2 Å². The van der Waals surface area contributed by atoms with Crippen LogP contribution in [0, 0.1) is 13.8 Å². The van der Waals surface area contributed by atoms with Crippen LogP contribution >= 0.6 is 11.6 Å². The van der Waals surface area contributed by atoms with Gasteiger partial charge in [-0.1, -0.05) is 29.8 Å². The van der Waals surface area contributed by atoms with E-state index in [1.807, 2.05) is 56.3 Å². The molecule has 0 unspecified atom stereocenters. The number of nitrogen functional groups attached to an aromatic ring is 1. The van der Waals surface area contributed by atoms with Crippen LogP contribution in [0.5, 0.6) is 0 Å².